The molecule has 13 nitrogen and oxygen atoms in total. The number of carbonyl (C=O) groups excluding carboxylic acids is 4. The predicted molar refractivity (Wildman–Crippen MR) is 154 cm³/mol. The van der Waals surface area contributed by atoms with Gasteiger partial charge in [0.15, 0.2) is 0 Å². The molecule has 0 saturated carbocycles. The molecule has 0 aliphatic rings. The van der Waals surface area contributed by atoms with E-state index in [9.17, 15) is 34.2 Å². The first-order valence-electron chi connectivity index (χ1n) is 13.4. The average Bonchev–Trinajstić information content (AvgIpc) is 3.33. The van der Waals surface area contributed by atoms with E-state index in [0.717, 1.165) is 16.5 Å². The molecule has 0 aliphatic carbocycles. The van der Waals surface area contributed by atoms with Crippen LogP contribution in [0.2, 0.25) is 0 Å². The smallest absolute Gasteiger partial charge is 0.326 e. The second-order valence-corrected chi connectivity index (χ2v) is 10.4. The lowest BCUT2D eigenvalue weighted by Gasteiger charge is -2.26. The topological polar surface area (TPSA) is 230 Å². The molecule has 0 fully saturated rings. The van der Waals surface area contributed by atoms with E-state index in [1.54, 1.807) is 20.0 Å². The van der Waals surface area contributed by atoms with Gasteiger partial charge in [0.1, 0.15) is 23.9 Å². The number of para-hydroxylation sites is 1. The fourth-order valence-electron chi connectivity index (χ4n) is 4.44. The summed E-state index contributed by atoms with van der Waals surface area (Å²) >= 11 is 0. The predicted octanol–water partition coefficient (Wildman–Crippen LogP) is 0.0564. The summed E-state index contributed by atoms with van der Waals surface area (Å²) in [5.74, 6) is -5.01. The highest BCUT2D eigenvalue weighted by Crippen LogP contribution is 2.19. The zero-order valence-electron chi connectivity index (χ0n) is 23.3. The SMILES string of the molecule is CC(C)C(NC(=O)C(Cc1ccc(O)cc1)NC(=O)C(CC(N)=O)NC(=O)C(N)Cc1c[nH]c2ccccc12)C(=O)O. The van der Waals surface area contributed by atoms with E-state index in [0.29, 0.717) is 5.56 Å². The third-order valence-electron chi connectivity index (χ3n) is 6.73. The number of benzene rings is 2. The lowest BCUT2D eigenvalue weighted by atomic mass is 10.0. The van der Waals surface area contributed by atoms with Crippen molar-refractivity contribution in [2.24, 2.45) is 17.4 Å². The van der Waals surface area contributed by atoms with E-state index in [-0.39, 0.29) is 18.6 Å². The Bertz CT molecular complexity index is 1440. The molecule has 0 aliphatic heterocycles. The highest BCUT2D eigenvalue weighted by molar-refractivity contribution is 5.96. The van der Waals surface area contributed by atoms with Crippen LogP contribution in [0.5, 0.6) is 5.75 Å². The Labute approximate surface area is 242 Å². The van der Waals surface area contributed by atoms with Gasteiger partial charge in [-0.15, -0.1) is 0 Å². The second-order valence-electron chi connectivity index (χ2n) is 10.4. The van der Waals surface area contributed by atoms with Crippen molar-refractivity contribution in [1.82, 2.24) is 20.9 Å². The van der Waals surface area contributed by atoms with Crippen molar-refractivity contribution in [1.29, 1.82) is 0 Å². The number of hydrogen-bond donors (Lipinski definition) is 8. The van der Waals surface area contributed by atoms with E-state index in [1.807, 2.05) is 24.3 Å². The number of phenolic OH excluding ortho intramolecular Hbond substituents is 1. The van der Waals surface area contributed by atoms with E-state index in [2.05, 4.69) is 20.9 Å². The molecule has 2 aromatic carbocycles. The Hall–Kier alpha value is -4.91. The maximum Gasteiger partial charge on any atom is 0.326 e. The molecular weight excluding hydrogens is 544 g/mol. The van der Waals surface area contributed by atoms with Crippen molar-refractivity contribution in [3.63, 3.8) is 0 Å². The Morgan fingerprint density at radius 3 is 2.10 bits per heavy atom. The van der Waals surface area contributed by atoms with Crippen LogP contribution in [0.15, 0.2) is 54.7 Å². The summed E-state index contributed by atoms with van der Waals surface area (Å²) in [5.41, 5.74) is 13.7. The van der Waals surface area contributed by atoms with Crippen LogP contribution in [0.1, 0.15) is 31.4 Å². The minimum Gasteiger partial charge on any atom is -0.508 e. The van der Waals surface area contributed by atoms with Gasteiger partial charge in [0, 0.05) is 23.5 Å². The molecule has 0 bridgehead atoms. The van der Waals surface area contributed by atoms with E-state index in [1.165, 1.54) is 24.3 Å². The number of rotatable bonds is 14. The average molecular weight is 581 g/mol. The Morgan fingerprint density at radius 1 is 0.857 bits per heavy atom. The van der Waals surface area contributed by atoms with Crippen molar-refractivity contribution >= 4 is 40.5 Å². The van der Waals surface area contributed by atoms with Gasteiger partial charge in [-0.3, -0.25) is 19.2 Å². The van der Waals surface area contributed by atoms with Crippen LogP contribution < -0.4 is 27.4 Å². The van der Waals surface area contributed by atoms with Crippen molar-refractivity contribution in [3.8, 4) is 5.75 Å². The Kier molecular flexibility index (Phi) is 10.6. The number of H-pyrrole nitrogens is 1. The number of carboxylic acid groups (broad SMARTS) is 1. The number of nitrogens with two attached hydrogens (primary N) is 2. The largest absolute Gasteiger partial charge is 0.508 e. The number of amides is 4. The molecule has 1 heterocycles. The zero-order valence-corrected chi connectivity index (χ0v) is 23.3. The van der Waals surface area contributed by atoms with E-state index in [4.69, 9.17) is 11.5 Å². The van der Waals surface area contributed by atoms with E-state index >= 15 is 0 Å². The molecule has 13 heteroatoms. The van der Waals surface area contributed by atoms with Gasteiger partial charge in [-0.1, -0.05) is 44.2 Å². The minimum atomic E-state index is -1.46. The van der Waals surface area contributed by atoms with Gasteiger partial charge in [-0.25, -0.2) is 4.79 Å². The Morgan fingerprint density at radius 2 is 1.48 bits per heavy atom. The first-order chi connectivity index (χ1) is 19.8. The summed E-state index contributed by atoms with van der Waals surface area (Å²) in [6.07, 6.45) is 1.21. The molecule has 4 unspecified atom stereocenters. The van der Waals surface area contributed by atoms with Crippen molar-refractivity contribution in [2.45, 2.75) is 57.3 Å². The molecule has 4 atom stereocenters. The van der Waals surface area contributed by atoms with E-state index < -0.39 is 66.1 Å². The molecule has 10 N–H and O–H groups in total. The van der Waals surface area contributed by atoms with Gasteiger partial charge >= 0.3 is 5.97 Å². The third-order valence-corrected chi connectivity index (χ3v) is 6.73. The summed E-state index contributed by atoms with van der Waals surface area (Å²) in [5, 5.41) is 27.4. The zero-order chi connectivity index (χ0) is 31.0. The maximum atomic E-state index is 13.3. The molecule has 3 rings (SSSR count). The maximum absolute atomic E-state index is 13.3. The van der Waals surface area contributed by atoms with Gasteiger partial charge in [0.25, 0.3) is 0 Å². The molecule has 3 aromatic rings. The number of aliphatic carboxylic acids is 1. The fourth-order valence-corrected chi connectivity index (χ4v) is 4.44. The third kappa shape index (κ3) is 8.54. The summed E-state index contributed by atoms with van der Waals surface area (Å²) in [4.78, 5) is 66.1. The molecule has 1 aromatic heterocycles. The monoisotopic (exact) mass is 580 g/mol. The van der Waals surface area contributed by atoms with Crippen LogP contribution in [0.4, 0.5) is 0 Å². The molecule has 42 heavy (non-hydrogen) atoms. The summed E-state index contributed by atoms with van der Waals surface area (Å²) in [6.45, 7) is 3.23. The quantitative estimate of drug-likeness (QED) is 0.130. The van der Waals surface area contributed by atoms with Crippen LogP contribution in [0.3, 0.4) is 0 Å². The molecule has 0 radical (unpaired) electrons. The Balaban J connectivity index is 1.77. The molecule has 4 amide bonds. The summed E-state index contributed by atoms with van der Waals surface area (Å²) in [6, 6.07) is 8.25. The fraction of sp³-hybridized carbons (Fsp3) is 0.345. The van der Waals surface area contributed by atoms with Crippen LogP contribution in [-0.2, 0) is 36.8 Å². The number of phenols is 1. The number of fused-ring (bicyclic) bond motifs is 1. The van der Waals surface area contributed by atoms with Gasteiger partial charge in [0.05, 0.1) is 12.5 Å². The number of primary amides is 1. The lowest BCUT2D eigenvalue weighted by Crippen LogP contribution is -2.58. The highest BCUT2D eigenvalue weighted by Gasteiger charge is 2.32. The summed E-state index contributed by atoms with van der Waals surface area (Å²) in [7, 11) is 0. The van der Waals surface area contributed by atoms with Crippen molar-refractivity contribution < 1.29 is 34.2 Å². The number of aromatic amines is 1. The van der Waals surface area contributed by atoms with Crippen LogP contribution >= 0.6 is 0 Å². The van der Waals surface area contributed by atoms with Gasteiger partial charge in [-0.05, 0) is 41.7 Å². The lowest BCUT2D eigenvalue weighted by molar-refractivity contribution is -0.143. The molecule has 0 saturated heterocycles. The molecule has 0 spiro atoms. The minimum absolute atomic E-state index is 0.0113. The summed E-state index contributed by atoms with van der Waals surface area (Å²) < 4.78 is 0. The number of aromatic hydroxyl groups is 1. The molecular formula is C29H36N6O7. The first-order valence-corrected chi connectivity index (χ1v) is 13.4. The van der Waals surface area contributed by atoms with Gasteiger partial charge < -0.3 is 42.6 Å². The van der Waals surface area contributed by atoms with Crippen LogP contribution in [0.25, 0.3) is 10.9 Å². The van der Waals surface area contributed by atoms with Crippen LogP contribution in [0, 0.1) is 5.92 Å². The number of aromatic nitrogens is 1. The number of carbonyl (C=O) groups is 5. The van der Waals surface area contributed by atoms with Crippen molar-refractivity contribution in [3.05, 3.63) is 65.9 Å². The number of carboxylic acids is 1. The molecule has 224 valence electrons. The number of hydrogen-bond acceptors (Lipinski definition) is 7. The normalized spacial score (nSPS) is 14.0. The van der Waals surface area contributed by atoms with Gasteiger partial charge in [-0.2, -0.15) is 0 Å². The van der Waals surface area contributed by atoms with Crippen LogP contribution in [-0.4, -0.2) is 69.0 Å². The van der Waals surface area contributed by atoms with Crippen molar-refractivity contribution in [2.75, 3.05) is 0 Å². The van der Waals surface area contributed by atoms with Gasteiger partial charge in [0.2, 0.25) is 23.6 Å². The first kappa shape index (κ1) is 31.6. The standard InChI is InChI=1S/C29H36N6O7/c1-15(2)25(29(41)42)35-28(40)22(11-16-7-9-18(36)10-8-16)34-27(39)23(13-24(31)37)33-26(38)20(30)12-17-14-32-21-6-4-3-5-19(17)21/h3-10,14-15,20,22-23,25,32,36H,11-13,30H2,1-2H3,(H2,31,37)(H,33,38)(H,34,39)(H,35,40)(H,41,42). The highest BCUT2D eigenvalue weighted by atomic mass is 16.4. The number of nitrogens with one attached hydrogen (secondary N) is 4. The second kappa shape index (κ2) is 14.1.